The highest BCUT2D eigenvalue weighted by Gasteiger charge is 2.69. The van der Waals surface area contributed by atoms with Gasteiger partial charge in [-0.1, -0.05) is 72.8 Å². The number of halogens is 7. The van der Waals surface area contributed by atoms with Gasteiger partial charge in [0.25, 0.3) is 5.60 Å². The Morgan fingerprint density at radius 3 is 1.62 bits per heavy atom. The molecule has 1 atom stereocenters. The van der Waals surface area contributed by atoms with Gasteiger partial charge in [-0.25, -0.2) is 4.99 Å². The van der Waals surface area contributed by atoms with E-state index in [0.29, 0.717) is 6.07 Å². The average Bonchev–Trinajstić information content (AvgIpc) is 3.10. The van der Waals surface area contributed by atoms with Crippen LogP contribution in [-0.4, -0.2) is 12.1 Å². The van der Waals surface area contributed by atoms with Crippen molar-refractivity contribution in [1.29, 1.82) is 0 Å². The molecule has 0 fully saturated rings. The highest BCUT2D eigenvalue weighted by atomic mass is 19.4. The van der Waals surface area contributed by atoms with Crippen LogP contribution < -0.4 is 0 Å². The van der Waals surface area contributed by atoms with Crippen molar-refractivity contribution in [2.24, 2.45) is 4.99 Å². The van der Waals surface area contributed by atoms with Crippen molar-refractivity contribution in [3.05, 3.63) is 107 Å². The number of benzene rings is 3. The minimum absolute atomic E-state index is 0.0828. The monoisotopic (exact) mass is 453 g/mol. The molecule has 4 rings (SSSR count). The lowest BCUT2D eigenvalue weighted by Gasteiger charge is -2.35. The molecule has 1 aliphatic rings. The first-order chi connectivity index (χ1) is 15.0. The summed E-state index contributed by atoms with van der Waals surface area (Å²) >= 11 is 0. The van der Waals surface area contributed by atoms with Crippen LogP contribution in [-0.2, 0) is 22.2 Å². The zero-order valence-corrected chi connectivity index (χ0v) is 16.1. The summed E-state index contributed by atoms with van der Waals surface area (Å²) in [5.41, 5.74) is -8.36. The lowest BCUT2D eigenvalue weighted by molar-refractivity contribution is -0.274. The number of alkyl halides is 6. The number of ether oxygens (including phenoxy) is 1. The van der Waals surface area contributed by atoms with Gasteiger partial charge >= 0.3 is 12.4 Å². The summed E-state index contributed by atoms with van der Waals surface area (Å²) in [6.07, 6.45) is -10.4. The molecule has 0 spiro atoms. The Labute approximate surface area is 178 Å². The average molecular weight is 453 g/mol. The second-order valence-electron chi connectivity index (χ2n) is 7.14. The first-order valence-electron chi connectivity index (χ1n) is 9.32. The van der Waals surface area contributed by atoms with Gasteiger partial charge in [-0.2, -0.15) is 30.7 Å². The molecule has 2 nitrogen and oxygen atoms in total. The Kier molecular flexibility index (Phi) is 5.12. The minimum atomic E-state index is -5.46. The highest BCUT2D eigenvalue weighted by molar-refractivity contribution is 5.89. The summed E-state index contributed by atoms with van der Waals surface area (Å²) < 4.78 is 104. The maximum Gasteiger partial charge on any atom is 0.430 e. The van der Waals surface area contributed by atoms with Gasteiger partial charge in [-0.05, 0) is 12.1 Å². The van der Waals surface area contributed by atoms with Gasteiger partial charge in [0.2, 0.25) is 11.7 Å². The lowest BCUT2D eigenvalue weighted by atomic mass is 9.91. The molecule has 1 heterocycles. The molecule has 166 valence electrons. The molecule has 1 aliphatic heterocycles. The highest BCUT2D eigenvalue weighted by Crippen LogP contribution is 2.55. The maximum atomic E-state index is 15.3. The van der Waals surface area contributed by atoms with Crippen LogP contribution in [0.1, 0.15) is 22.3 Å². The van der Waals surface area contributed by atoms with Crippen LogP contribution in [0.5, 0.6) is 0 Å². The molecule has 1 unspecified atom stereocenters. The van der Waals surface area contributed by atoms with Gasteiger partial charge in [0.05, 0.1) is 5.56 Å². The normalized spacial score (nSPS) is 20.8. The van der Waals surface area contributed by atoms with Crippen molar-refractivity contribution >= 4 is 5.97 Å². The number of hydrogen-bond acceptors (Lipinski definition) is 2. The summed E-state index contributed by atoms with van der Waals surface area (Å²) in [6.45, 7) is 0. The lowest BCUT2D eigenvalue weighted by Crippen LogP contribution is -2.49. The zero-order chi connectivity index (χ0) is 23.2. The Morgan fingerprint density at radius 2 is 1.16 bits per heavy atom. The van der Waals surface area contributed by atoms with E-state index in [2.05, 4.69) is 4.99 Å². The van der Waals surface area contributed by atoms with Gasteiger partial charge < -0.3 is 4.74 Å². The SMILES string of the molecule is FC1=NC(c2ccccc2)(c2ccccc2)OC1(c1cccc(C(F)(F)F)c1)C(F)(F)F. The maximum absolute atomic E-state index is 15.3. The van der Waals surface area contributed by atoms with E-state index in [1.165, 1.54) is 48.5 Å². The third kappa shape index (κ3) is 3.37. The fourth-order valence-electron chi connectivity index (χ4n) is 3.68. The summed E-state index contributed by atoms with van der Waals surface area (Å²) in [4.78, 5) is 3.68. The molecule has 0 bridgehead atoms. The van der Waals surface area contributed by atoms with Gasteiger partial charge in [0, 0.05) is 16.7 Å². The summed E-state index contributed by atoms with van der Waals surface area (Å²) in [6, 6.07) is 17.2. The van der Waals surface area contributed by atoms with Crippen molar-refractivity contribution in [2.45, 2.75) is 23.7 Å². The third-order valence-corrected chi connectivity index (χ3v) is 5.17. The van der Waals surface area contributed by atoms with E-state index in [-0.39, 0.29) is 17.2 Å². The topological polar surface area (TPSA) is 21.6 Å². The Hall–Kier alpha value is -3.20. The molecule has 0 radical (unpaired) electrons. The molecular weight excluding hydrogens is 439 g/mol. The standard InChI is InChI=1S/C23H14F7NO/c24-19-20(23(28,29)30,17-12-7-13-18(14-17)22(25,26)27)32-21(31-19,15-8-3-1-4-9-15)16-10-5-2-6-11-16/h1-14H. The van der Waals surface area contributed by atoms with Crippen molar-refractivity contribution in [2.75, 3.05) is 0 Å². The fourth-order valence-corrected chi connectivity index (χ4v) is 3.68. The predicted octanol–water partition coefficient (Wildman–Crippen LogP) is 6.76. The van der Waals surface area contributed by atoms with E-state index in [1.54, 1.807) is 12.1 Å². The van der Waals surface area contributed by atoms with Crippen molar-refractivity contribution in [3.8, 4) is 0 Å². The van der Waals surface area contributed by atoms with Crippen molar-refractivity contribution in [3.63, 3.8) is 0 Å². The molecular formula is C23H14F7NO. The van der Waals surface area contributed by atoms with Crippen LogP contribution >= 0.6 is 0 Å². The Balaban J connectivity index is 1.99. The van der Waals surface area contributed by atoms with Gasteiger partial charge in [-0.3, -0.25) is 0 Å². The van der Waals surface area contributed by atoms with Crippen molar-refractivity contribution < 1.29 is 35.5 Å². The van der Waals surface area contributed by atoms with Crippen LogP contribution in [0.2, 0.25) is 0 Å². The summed E-state index contributed by atoms with van der Waals surface area (Å²) in [7, 11) is 0. The summed E-state index contributed by atoms with van der Waals surface area (Å²) in [5, 5.41) is 0. The molecule has 0 amide bonds. The molecule has 0 N–H and O–H groups in total. The minimum Gasteiger partial charge on any atom is -0.316 e. The Bertz CT molecular complexity index is 1100. The van der Waals surface area contributed by atoms with Crippen LogP contribution in [0.4, 0.5) is 30.7 Å². The van der Waals surface area contributed by atoms with E-state index in [1.807, 2.05) is 0 Å². The largest absolute Gasteiger partial charge is 0.430 e. The molecule has 3 aromatic rings. The number of hydrogen-bond donors (Lipinski definition) is 0. The first-order valence-corrected chi connectivity index (χ1v) is 9.32. The van der Waals surface area contributed by atoms with Crippen molar-refractivity contribution in [1.82, 2.24) is 0 Å². The quantitative estimate of drug-likeness (QED) is 0.402. The van der Waals surface area contributed by atoms with Crippen LogP contribution in [0, 0.1) is 0 Å². The second-order valence-corrected chi connectivity index (χ2v) is 7.14. The van der Waals surface area contributed by atoms with Crippen LogP contribution in [0.15, 0.2) is 89.9 Å². The van der Waals surface area contributed by atoms with Crippen LogP contribution in [0.25, 0.3) is 0 Å². The number of nitrogens with zero attached hydrogens (tertiary/aromatic N) is 1. The zero-order valence-electron chi connectivity index (χ0n) is 16.1. The first kappa shape index (κ1) is 22.0. The number of rotatable bonds is 3. The molecule has 0 saturated carbocycles. The smallest absolute Gasteiger partial charge is 0.316 e. The molecule has 0 saturated heterocycles. The van der Waals surface area contributed by atoms with E-state index in [9.17, 15) is 26.3 Å². The second kappa shape index (κ2) is 7.44. The van der Waals surface area contributed by atoms with E-state index in [0.717, 1.165) is 12.1 Å². The molecule has 0 aromatic heterocycles. The fraction of sp³-hybridized carbons (Fsp3) is 0.174. The van der Waals surface area contributed by atoms with Gasteiger partial charge in [-0.15, -0.1) is 0 Å². The van der Waals surface area contributed by atoms with E-state index in [4.69, 9.17) is 4.74 Å². The molecule has 0 aliphatic carbocycles. The number of aliphatic imine (C=N–C) groups is 1. The predicted molar refractivity (Wildman–Crippen MR) is 102 cm³/mol. The summed E-state index contributed by atoms with van der Waals surface area (Å²) in [5.74, 6) is -1.99. The third-order valence-electron chi connectivity index (χ3n) is 5.17. The van der Waals surface area contributed by atoms with E-state index < -0.39 is 40.8 Å². The molecule has 9 heteroatoms. The van der Waals surface area contributed by atoms with Gasteiger partial charge in [0.15, 0.2) is 0 Å². The van der Waals surface area contributed by atoms with Crippen LogP contribution in [0.3, 0.4) is 0 Å². The van der Waals surface area contributed by atoms with Gasteiger partial charge in [0.1, 0.15) is 0 Å². The van der Waals surface area contributed by atoms with E-state index >= 15 is 4.39 Å². The Morgan fingerprint density at radius 1 is 0.656 bits per heavy atom. The molecule has 3 aromatic carbocycles. The molecule has 32 heavy (non-hydrogen) atoms.